The molecule has 6 aromatic rings. The zero-order valence-electron chi connectivity index (χ0n) is 18.5. The normalized spacial score (nSPS) is 10.8. The number of nitrogens with one attached hydrogen (secondary N) is 2. The number of fused-ring (bicyclic) bond motifs is 2. The summed E-state index contributed by atoms with van der Waals surface area (Å²) in [5.41, 5.74) is 11.9. The Labute approximate surface area is 196 Å². The van der Waals surface area contributed by atoms with Gasteiger partial charge in [0.1, 0.15) is 0 Å². The van der Waals surface area contributed by atoms with Crippen LogP contribution in [0.3, 0.4) is 0 Å². The van der Waals surface area contributed by atoms with Gasteiger partial charge in [0.15, 0.2) is 0 Å². The molecular weight excluding hydrogens is 424 g/mol. The third-order valence-electron chi connectivity index (χ3n) is 5.77. The Morgan fingerprint density at radius 3 is 1.91 bits per heavy atom. The van der Waals surface area contributed by atoms with Crippen LogP contribution in [0.2, 0.25) is 0 Å². The van der Waals surface area contributed by atoms with Gasteiger partial charge in [0.2, 0.25) is 0 Å². The molecule has 168 valence electrons. The highest BCUT2D eigenvalue weighted by molar-refractivity contribution is 5.82. The standard InChI is InChI=1S/C13H14N4.C13H10N4/c2*14-6-10-1-2-11-3-4-17(13(11)5-10)8-12-7-15-9-16-12/h1-5,7,9H,6,8,14H2,(H,15,16);1-5,7,9H,8H2,(H,15,16). The molecule has 8 nitrogen and oxygen atoms in total. The Morgan fingerprint density at radius 1 is 0.794 bits per heavy atom. The first-order valence-corrected chi connectivity index (χ1v) is 10.9. The maximum absolute atomic E-state index is 8.91. The van der Waals surface area contributed by atoms with Crippen LogP contribution in [0.5, 0.6) is 0 Å². The van der Waals surface area contributed by atoms with Crippen LogP contribution in [-0.4, -0.2) is 29.1 Å². The molecular formula is C26H24N8. The van der Waals surface area contributed by atoms with Gasteiger partial charge in [0, 0.05) is 42.4 Å². The van der Waals surface area contributed by atoms with E-state index in [4.69, 9.17) is 11.0 Å². The van der Waals surface area contributed by atoms with E-state index in [-0.39, 0.29) is 0 Å². The lowest BCUT2D eigenvalue weighted by atomic mass is 10.1. The van der Waals surface area contributed by atoms with Gasteiger partial charge in [-0.15, -0.1) is 0 Å². The number of nitrogens with two attached hydrogens (primary N) is 1. The molecule has 0 aliphatic rings. The number of nitrogens with zero attached hydrogens (tertiary/aromatic N) is 5. The number of H-pyrrole nitrogens is 2. The minimum absolute atomic E-state index is 0.575. The number of benzene rings is 2. The molecule has 0 saturated carbocycles. The van der Waals surface area contributed by atoms with Gasteiger partial charge in [-0.1, -0.05) is 18.2 Å². The zero-order chi connectivity index (χ0) is 23.3. The van der Waals surface area contributed by atoms with Crippen molar-refractivity contribution in [2.45, 2.75) is 19.6 Å². The zero-order valence-corrected chi connectivity index (χ0v) is 18.5. The Kier molecular flexibility index (Phi) is 5.93. The van der Waals surface area contributed by atoms with Gasteiger partial charge < -0.3 is 24.8 Å². The Bertz CT molecular complexity index is 1550. The van der Waals surface area contributed by atoms with Crippen molar-refractivity contribution >= 4 is 21.8 Å². The molecule has 6 rings (SSSR count). The molecule has 0 atom stereocenters. The van der Waals surface area contributed by atoms with Crippen LogP contribution < -0.4 is 5.73 Å². The van der Waals surface area contributed by atoms with Crippen LogP contribution in [0.1, 0.15) is 22.5 Å². The summed E-state index contributed by atoms with van der Waals surface area (Å²) in [6.45, 7) is 2.11. The van der Waals surface area contributed by atoms with Crippen molar-refractivity contribution in [1.29, 1.82) is 5.26 Å². The summed E-state index contributed by atoms with van der Waals surface area (Å²) in [6.07, 6.45) is 11.1. The molecule has 0 bridgehead atoms. The molecule has 4 aromatic heterocycles. The van der Waals surface area contributed by atoms with E-state index in [1.54, 1.807) is 18.9 Å². The first-order chi connectivity index (χ1) is 16.7. The van der Waals surface area contributed by atoms with E-state index >= 15 is 0 Å². The number of hydrogen-bond acceptors (Lipinski definition) is 4. The second-order valence-corrected chi connectivity index (χ2v) is 8.02. The summed E-state index contributed by atoms with van der Waals surface area (Å²) in [4.78, 5) is 14.2. The quantitative estimate of drug-likeness (QED) is 0.367. The fourth-order valence-corrected chi connectivity index (χ4v) is 4.00. The average Bonchev–Trinajstić information content (AvgIpc) is 3.69. The molecule has 0 amide bonds. The fourth-order valence-electron chi connectivity index (χ4n) is 4.00. The van der Waals surface area contributed by atoms with Gasteiger partial charge in [-0.25, -0.2) is 9.97 Å². The second kappa shape index (κ2) is 9.48. The predicted molar refractivity (Wildman–Crippen MR) is 132 cm³/mol. The maximum atomic E-state index is 8.91. The third kappa shape index (κ3) is 4.46. The molecule has 0 fully saturated rings. The number of hydrogen-bond donors (Lipinski definition) is 3. The van der Waals surface area contributed by atoms with Gasteiger partial charge in [-0.3, -0.25) is 0 Å². The minimum Gasteiger partial charge on any atom is -0.347 e. The molecule has 0 radical (unpaired) electrons. The summed E-state index contributed by atoms with van der Waals surface area (Å²) >= 11 is 0. The van der Waals surface area contributed by atoms with Crippen molar-refractivity contribution in [2.24, 2.45) is 5.73 Å². The topological polar surface area (TPSA) is 117 Å². The van der Waals surface area contributed by atoms with Crippen LogP contribution in [0.15, 0.2) is 86.0 Å². The highest BCUT2D eigenvalue weighted by Crippen LogP contribution is 2.19. The molecule has 0 aliphatic carbocycles. The van der Waals surface area contributed by atoms with Crippen molar-refractivity contribution in [1.82, 2.24) is 29.1 Å². The Balaban J connectivity index is 0.000000142. The van der Waals surface area contributed by atoms with E-state index in [1.807, 2.05) is 36.7 Å². The maximum Gasteiger partial charge on any atom is 0.0992 e. The number of nitriles is 1. The monoisotopic (exact) mass is 448 g/mol. The summed E-state index contributed by atoms with van der Waals surface area (Å²) in [7, 11) is 0. The van der Waals surface area contributed by atoms with E-state index in [2.05, 4.69) is 65.6 Å². The third-order valence-corrected chi connectivity index (χ3v) is 5.77. The summed E-state index contributed by atoms with van der Waals surface area (Å²) in [6, 6.07) is 18.4. The highest BCUT2D eigenvalue weighted by Gasteiger charge is 2.04. The number of aromatic amines is 2. The lowest BCUT2D eigenvalue weighted by molar-refractivity contribution is 0.813. The smallest absolute Gasteiger partial charge is 0.0992 e. The fraction of sp³-hybridized carbons (Fsp3) is 0.115. The minimum atomic E-state index is 0.575. The Morgan fingerprint density at radius 2 is 1.38 bits per heavy atom. The molecule has 8 heteroatoms. The van der Waals surface area contributed by atoms with Gasteiger partial charge in [0.25, 0.3) is 0 Å². The molecule has 2 aromatic carbocycles. The number of imidazole rings is 2. The lowest BCUT2D eigenvalue weighted by Gasteiger charge is -2.04. The predicted octanol–water partition coefficient (Wildman–Crippen LogP) is 4.16. The summed E-state index contributed by atoms with van der Waals surface area (Å²) < 4.78 is 4.30. The molecule has 34 heavy (non-hydrogen) atoms. The van der Waals surface area contributed by atoms with Gasteiger partial charge in [-0.05, 0) is 46.7 Å². The molecule has 0 saturated heterocycles. The number of rotatable bonds is 5. The van der Waals surface area contributed by atoms with E-state index in [0.29, 0.717) is 12.1 Å². The van der Waals surface area contributed by atoms with E-state index in [9.17, 15) is 0 Å². The van der Waals surface area contributed by atoms with E-state index < -0.39 is 0 Å². The SMILES string of the molecule is N#Cc1ccc2ccn(Cc3cnc[nH]3)c2c1.NCc1ccc2ccn(Cc3cnc[nH]3)c2c1. The van der Waals surface area contributed by atoms with Crippen LogP contribution in [-0.2, 0) is 19.6 Å². The van der Waals surface area contributed by atoms with Crippen molar-refractivity contribution < 1.29 is 0 Å². The van der Waals surface area contributed by atoms with Gasteiger partial charge >= 0.3 is 0 Å². The number of aromatic nitrogens is 6. The summed E-state index contributed by atoms with van der Waals surface area (Å²) in [5.74, 6) is 0. The van der Waals surface area contributed by atoms with Gasteiger partial charge in [-0.2, -0.15) is 5.26 Å². The lowest BCUT2D eigenvalue weighted by Crippen LogP contribution is -2.00. The van der Waals surface area contributed by atoms with E-state index in [0.717, 1.165) is 40.9 Å². The van der Waals surface area contributed by atoms with Crippen molar-refractivity contribution in [3.63, 3.8) is 0 Å². The van der Waals surface area contributed by atoms with Crippen LogP contribution >= 0.6 is 0 Å². The largest absolute Gasteiger partial charge is 0.347 e. The highest BCUT2D eigenvalue weighted by atomic mass is 15.0. The van der Waals surface area contributed by atoms with Crippen molar-refractivity contribution in [2.75, 3.05) is 0 Å². The summed E-state index contributed by atoms with van der Waals surface area (Å²) in [5, 5.41) is 11.3. The molecule has 0 unspecified atom stereocenters. The van der Waals surface area contributed by atoms with Crippen LogP contribution in [0, 0.1) is 11.3 Å². The van der Waals surface area contributed by atoms with Crippen molar-refractivity contribution in [3.8, 4) is 6.07 Å². The van der Waals surface area contributed by atoms with Crippen molar-refractivity contribution in [3.05, 3.63) is 108 Å². The van der Waals surface area contributed by atoms with Crippen LogP contribution in [0.4, 0.5) is 0 Å². The molecule has 0 spiro atoms. The van der Waals surface area contributed by atoms with Crippen LogP contribution in [0.25, 0.3) is 21.8 Å². The first kappa shape index (κ1) is 21.2. The molecule has 0 aliphatic heterocycles. The second-order valence-electron chi connectivity index (χ2n) is 8.02. The first-order valence-electron chi connectivity index (χ1n) is 10.9. The Hall–Kier alpha value is -4.61. The van der Waals surface area contributed by atoms with Gasteiger partial charge in [0.05, 0.1) is 48.8 Å². The molecule has 4 heterocycles. The van der Waals surface area contributed by atoms with E-state index in [1.165, 1.54) is 10.9 Å². The molecule has 4 N–H and O–H groups in total. The average molecular weight is 449 g/mol.